The van der Waals surface area contributed by atoms with Crippen LogP contribution in [0.4, 0.5) is 0 Å². The SMILES string of the molecule is C=CC.CCCCCNC(C)=O. The highest BCUT2D eigenvalue weighted by Gasteiger charge is 1.87. The first-order valence-electron chi connectivity index (χ1n) is 4.50. The third-order valence-electron chi connectivity index (χ3n) is 1.15. The molecule has 0 unspecified atom stereocenters. The van der Waals surface area contributed by atoms with Gasteiger partial charge < -0.3 is 5.32 Å². The Bertz CT molecular complexity index is 110. The van der Waals surface area contributed by atoms with Gasteiger partial charge in [-0.2, -0.15) is 0 Å². The maximum Gasteiger partial charge on any atom is 0.216 e. The molecular weight excluding hydrogens is 150 g/mol. The quantitative estimate of drug-likeness (QED) is 0.511. The van der Waals surface area contributed by atoms with Gasteiger partial charge >= 0.3 is 0 Å². The summed E-state index contributed by atoms with van der Waals surface area (Å²) in [6.07, 6.45) is 5.27. The largest absolute Gasteiger partial charge is 0.356 e. The van der Waals surface area contributed by atoms with Gasteiger partial charge in [0.05, 0.1) is 0 Å². The van der Waals surface area contributed by atoms with Crippen molar-refractivity contribution < 1.29 is 4.79 Å². The monoisotopic (exact) mass is 171 g/mol. The number of unbranched alkanes of at least 4 members (excludes halogenated alkanes) is 2. The minimum atomic E-state index is 0.0751. The molecule has 0 aliphatic carbocycles. The lowest BCUT2D eigenvalue weighted by Gasteiger charge is -1.98. The Morgan fingerprint density at radius 3 is 2.33 bits per heavy atom. The summed E-state index contributed by atoms with van der Waals surface area (Å²) in [6, 6.07) is 0. The summed E-state index contributed by atoms with van der Waals surface area (Å²) in [7, 11) is 0. The van der Waals surface area contributed by atoms with Crippen LogP contribution in [0.1, 0.15) is 40.0 Å². The highest BCUT2D eigenvalue weighted by atomic mass is 16.1. The van der Waals surface area contributed by atoms with Gasteiger partial charge in [-0.15, -0.1) is 6.58 Å². The Morgan fingerprint density at radius 1 is 1.50 bits per heavy atom. The third-order valence-corrected chi connectivity index (χ3v) is 1.15. The normalized spacial score (nSPS) is 7.92. The number of allylic oxidation sites excluding steroid dienone is 1. The zero-order chi connectivity index (χ0) is 9.82. The van der Waals surface area contributed by atoms with Crippen molar-refractivity contribution in [3.8, 4) is 0 Å². The Kier molecular flexibility index (Phi) is 14.8. The van der Waals surface area contributed by atoms with Crippen molar-refractivity contribution in [2.45, 2.75) is 40.0 Å². The van der Waals surface area contributed by atoms with E-state index in [2.05, 4.69) is 18.8 Å². The van der Waals surface area contributed by atoms with E-state index in [1.807, 2.05) is 6.92 Å². The van der Waals surface area contributed by atoms with E-state index in [-0.39, 0.29) is 5.91 Å². The van der Waals surface area contributed by atoms with Gasteiger partial charge in [0.1, 0.15) is 0 Å². The van der Waals surface area contributed by atoms with Crippen molar-refractivity contribution in [2.75, 3.05) is 6.54 Å². The molecule has 0 fully saturated rings. The van der Waals surface area contributed by atoms with Gasteiger partial charge in [0, 0.05) is 13.5 Å². The summed E-state index contributed by atoms with van der Waals surface area (Å²) in [5.74, 6) is 0.0751. The van der Waals surface area contributed by atoms with Crippen LogP contribution in [0.3, 0.4) is 0 Å². The molecule has 0 saturated heterocycles. The van der Waals surface area contributed by atoms with Crippen LogP contribution >= 0.6 is 0 Å². The highest BCUT2D eigenvalue weighted by molar-refractivity contribution is 5.72. The fraction of sp³-hybridized carbons (Fsp3) is 0.700. The van der Waals surface area contributed by atoms with Gasteiger partial charge in [-0.25, -0.2) is 0 Å². The Hall–Kier alpha value is -0.790. The maximum atomic E-state index is 10.3. The van der Waals surface area contributed by atoms with Crippen LogP contribution in [0.25, 0.3) is 0 Å². The second-order valence-corrected chi connectivity index (χ2v) is 2.60. The molecule has 2 nitrogen and oxygen atoms in total. The second-order valence-electron chi connectivity index (χ2n) is 2.60. The molecule has 12 heavy (non-hydrogen) atoms. The first-order valence-corrected chi connectivity index (χ1v) is 4.50. The Balaban J connectivity index is 0. The van der Waals surface area contributed by atoms with E-state index in [1.54, 1.807) is 13.0 Å². The van der Waals surface area contributed by atoms with Crippen molar-refractivity contribution in [3.63, 3.8) is 0 Å². The van der Waals surface area contributed by atoms with E-state index in [0.29, 0.717) is 0 Å². The lowest BCUT2D eigenvalue weighted by Crippen LogP contribution is -2.20. The van der Waals surface area contributed by atoms with E-state index in [1.165, 1.54) is 12.8 Å². The minimum Gasteiger partial charge on any atom is -0.356 e. The lowest BCUT2D eigenvalue weighted by molar-refractivity contribution is -0.118. The number of rotatable bonds is 4. The lowest BCUT2D eigenvalue weighted by atomic mass is 10.2. The van der Waals surface area contributed by atoms with Gasteiger partial charge in [-0.05, 0) is 13.3 Å². The molecule has 2 heteroatoms. The molecule has 0 aromatic carbocycles. The second kappa shape index (κ2) is 12.8. The van der Waals surface area contributed by atoms with Gasteiger partial charge in [0.15, 0.2) is 0 Å². The molecule has 0 heterocycles. The van der Waals surface area contributed by atoms with Crippen LogP contribution in [-0.4, -0.2) is 12.5 Å². The molecule has 1 amide bonds. The van der Waals surface area contributed by atoms with Crippen molar-refractivity contribution in [1.29, 1.82) is 0 Å². The van der Waals surface area contributed by atoms with Crippen LogP contribution in [0.5, 0.6) is 0 Å². The van der Waals surface area contributed by atoms with Crippen LogP contribution in [0, 0.1) is 0 Å². The smallest absolute Gasteiger partial charge is 0.216 e. The van der Waals surface area contributed by atoms with Crippen LogP contribution in [0.15, 0.2) is 12.7 Å². The number of hydrogen-bond acceptors (Lipinski definition) is 1. The van der Waals surface area contributed by atoms with E-state index in [4.69, 9.17) is 0 Å². The first kappa shape index (κ1) is 13.8. The van der Waals surface area contributed by atoms with Gasteiger partial charge in [0.2, 0.25) is 5.91 Å². The summed E-state index contributed by atoms with van der Waals surface area (Å²) in [5, 5.41) is 2.74. The third kappa shape index (κ3) is 22.9. The number of amides is 1. The summed E-state index contributed by atoms with van der Waals surface area (Å²) in [6.45, 7) is 9.78. The van der Waals surface area contributed by atoms with Gasteiger partial charge in [-0.1, -0.05) is 25.8 Å². The Labute approximate surface area is 76.1 Å². The van der Waals surface area contributed by atoms with E-state index in [0.717, 1.165) is 13.0 Å². The molecule has 0 bridgehead atoms. The summed E-state index contributed by atoms with van der Waals surface area (Å²) >= 11 is 0. The zero-order valence-electron chi connectivity index (χ0n) is 8.52. The maximum absolute atomic E-state index is 10.3. The van der Waals surface area contributed by atoms with Crippen LogP contribution < -0.4 is 5.32 Å². The number of carbonyl (C=O) groups excluding carboxylic acids is 1. The fourth-order valence-electron chi connectivity index (χ4n) is 0.639. The standard InChI is InChI=1S/C7H15NO.C3H6/c1-3-4-5-6-8-7(2)9;1-3-2/h3-6H2,1-2H3,(H,8,9);3H,1H2,2H3. The van der Waals surface area contributed by atoms with E-state index in [9.17, 15) is 4.79 Å². The average Bonchev–Trinajstić information content (AvgIpc) is 1.99. The van der Waals surface area contributed by atoms with Crippen molar-refractivity contribution >= 4 is 5.91 Å². The average molecular weight is 171 g/mol. The van der Waals surface area contributed by atoms with Crippen molar-refractivity contribution in [3.05, 3.63) is 12.7 Å². The molecule has 0 spiro atoms. The van der Waals surface area contributed by atoms with Crippen LogP contribution in [0.2, 0.25) is 0 Å². The Morgan fingerprint density at radius 2 is 2.00 bits per heavy atom. The molecular formula is C10H21NO. The van der Waals surface area contributed by atoms with E-state index < -0.39 is 0 Å². The minimum absolute atomic E-state index is 0.0751. The number of carbonyl (C=O) groups is 1. The topological polar surface area (TPSA) is 29.1 Å². The predicted molar refractivity (Wildman–Crippen MR) is 54.1 cm³/mol. The molecule has 0 aliphatic rings. The van der Waals surface area contributed by atoms with Gasteiger partial charge in [-0.3, -0.25) is 4.79 Å². The van der Waals surface area contributed by atoms with E-state index >= 15 is 0 Å². The zero-order valence-corrected chi connectivity index (χ0v) is 8.52. The first-order chi connectivity index (χ1) is 5.68. The van der Waals surface area contributed by atoms with Crippen LogP contribution in [-0.2, 0) is 4.79 Å². The summed E-state index contributed by atoms with van der Waals surface area (Å²) < 4.78 is 0. The molecule has 1 N–H and O–H groups in total. The number of hydrogen-bond donors (Lipinski definition) is 1. The molecule has 0 aromatic heterocycles. The molecule has 72 valence electrons. The number of nitrogens with one attached hydrogen (secondary N) is 1. The molecule has 0 aliphatic heterocycles. The summed E-state index contributed by atoms with van der Waals surface area (Å²) in [4.78, 5) is 10.3. The molecule has 0 rings (SSSR count). The van der Waals surface area contributed by atoms with Gasteiger partial charge in [0.25, 0.3) is 0 Å². The molecule has 0 aromatic rings. The van der Waals surface area contributed by atoms with Crippen molar-refractivity contribution in [2.24, 2.45) is 0 Å². The predicted octanol–water partition coefficient (Wildman–Crippen LogP) is 2.51. The molecule has 0 atom stereocenters. The fourth-order valence-corrected chi connectivity index (χ4v) is 0.639. The summed E-state index contributed by atoms with van der Waals surface area (Å²) in [5.41, 5.74) is 0. The molecule has 0 saturated carbocycles. The molecule has 0 radical (unpaired) electrons. The van der Waals surface area contributed by atoms with Crippen molar-refractivity contribution in [1.82, 2.24) is 5.32 Å². The highest BCUT2D eigenvalue weighted by Crippen LogP contribution is 1.90.